The monoisotopic (exact) mass is 404 g/mol. The first-order valence-electron chi connectivity index (χ1n) is 10.1. The summed E-state index contributed by atoms with van der Waals surface area (Å²) >= 11 is 1.74. The second kappa shape index (κ2) is 7.65. The van der Waals surface area contributed by atoms with Crippen molar-refractivity contribution in [2.75, 3.05) is 18.0 Å². The molecule has 2 aliphatic rings. The molecule has 1 saturated heterocycles. The molecule has 3 heterocycles. The highest BCUT2D eigenvalue weighted by molar-refractivity contribution is 7.07. The zero-order valence-corrected chi connectivity index (χ0v) is 17.1. The number of likely N-dealkylation sites (tertiary alicyclic amines) is 1. The van der Waals surface area contributed by atoms with Crippen LogP contribution in [-0.4, -0.2) is 29.5 Å². The summed E-state index contributed by atoms with van der Waals surface area (Å²) in [5.41, 5.74) is 2.66. The molecule has 2 aromatic carbocycles. The van der Waals surface area contributed by atoms with Crippen LogP contribution in [0, 0.1) is 0 Å². The minimum atomic E-state index is -0.429. The maximum absolute atomic E-state index is 13.4. The molecule has 4 nitrogen and oxygen atoms in total. The fraction of sp³-hybridized carbons (Fsp3) is 0.292. The summed E-state index contributed by atoms with van der Waals surface area (Å²) in [6.45, 7) is 2.85. The number of hydrogen-bond acceptors (Lipinski definition) is 4. The topological polar surface area (TPSA) is 32.8 Å². The molecule has 0 unspecified atom stereocenters. The average molecular weight is 405 g/mol. The number of piperidine rings is 1. The number of fused-ring (bicyclic) bond motifs is 1. The van der Waals surface area contributed by atoms with E-state index in [-0.39, 0.29) is 5.91 Å². The number of amides is 1. The van der Waals surface area contributed by atoms with Crippen LogP contribution in [0.2, 0.25) is 0 Å². The second-order valence-corrected chi connectivity index (χ2v) is 8.68. The van der Waals surface area contributed by atoms with Gasteiger partial charge in [-0.3, -0.25) is 14.6 Å². The number of benzene rings is 2. The largest absolute Gasteiger partial charge is 0.484 e. The molecule has 2 aliphatic heterocycles. The van der Waals surface area contributed by atoms with Crippen LogP contribution in [-0.2, 0) is 11.3 Å². The van der Waals surface area contributed by atoms with Crippen molar-refractivity contribution >= 4 is 28.6 Å². The van der Waals surface area contributed by atoms with Gasteiger partial charge in [-0.25, -0.2) is 0 Å². The summed E-state index contributed by atoms with van der Waals surface area (Å²) in [4.78, 5) is 17.7. The van der Waals surface area contributed by atoms with Crippen LogP contribution in [0.1, 0.15) is 24.8 Å². The Morgan fingerprint density at radius 3 is 2.48 bits per heavy atom. The maximum atomic E-state index is 13.4. The third kappa shape index (κ3) is 3.68. The summed E-state index contributed by atoms with van der Waals surface area (Å²) in [7, 11) is 0. The average Bonchev–Trinajstić information content (AvgIpc) is 3.21. The zero-order chi connectivity index (χ0) is 19.7. The number of nitrogens with zero attached hydrogens (tertiary/aromatic N) is 2. The minimum Gasteiger partial charge on any atom is -0.484 e. The predicted molar refractivity (Wildman–Crippen MR) is 117 cm³/mol. The van der Waals surface area contributed by atoms with E-state index in [4.69, 9.17) is 4.74 Å². The van der Waals surface area contributed by atoms with Crippen molar-refractivity contribution in [1.29, 1.82) is 0 Å². The summed E-state index contributed by atoms with van der Waals surface area (Å²) < 4.78 is 6.60. The van der Waals surface area contributed by atoms with Crippen molar-refractivity contribution in [3.8, 4) is 5.75 Å². The molecule has 0 aliphatic carbocycles. The van der Waals surface area contributed by atoms with Gasteiger partial charge in [-0.05, 0) is 46.7 Å². The summed E-state index contributed by atoms with van der Waals surface area (Å²) in [6.07, 6.45) is 2.13. The second-order valence-electron chi connectivity index (χ2n) is 7.90. The minimum absolute atomic E-state index is 0.104. The van der Waals surface area contributed by atoms with Crippen molar-refractivity contribution in [2.45, 2.75) is 31.4 Å². The molecule has 0 atom stereocenters. The summed E-state index contributed by atoms with van der Waals surface area (Å²) in [5, 5.41) is 4.34. The van der Waals surface area contributed by atoms with Crippen LogP contribution >= 0.6 is 11.3 Å². The van der Waals surface area contributed by atoms with Crippen LogP contribution in [0.15, 0.2) is 71.4 Å². The van der Waals surface area contributed by atoms with Gasteiger partial charge in [0.15, 0.2) is 0 Å². The highest BCUT2D eigenvalue weighted by Crippen LogP contribution is 2.43. The van der Waals surface area contributed by atoms with Crippen LogP contribution in [0.25, 0.3) is 0 Å². The fourth-order valence-electron chi connectivity index (χ4n) is 4.39. The Morgan fingerprint density at radius 2 is 1.72 bits per heavy atom. The van der Waals surface area contributed by atoms with E-state index in [0.29, 0.717) is 6.42 Å². The van der Waals surface area contributed by atoms with E-state index in [1.54, 1.807) is 11.3 Å². The molecule has 0 saturated carbocycles. The van der Waals surface area contributed by atoms with Gasteiger partial charge < -0.3 is 4.74 Å². The molecular formula is C24H24N2O2S. The van der Waals surface area contributed by atoms with E-state index < -0.39 is 5.60 Å². The lowest BCUT2D eigenvalue weighted by Gasteiger charge is -2.40. The smallest absolute Gasteiger partial charge is 0.235 e. The number of carbonyl (C=O) groups is 1. The quantitative estimate of drug-likeness (QED) is 0.599. The Morgan fingerprint density at radius 1 is 0.966 bits per heavy atom. The van der Waals surface area contributed by atoms with E-state index in [1.807, 2.05) is 59.5 Å². The van der Waals surface area contributed by atoms with E-state index in [9.17, 15) is 4.79 Å². The SMILES string of the molecule is O=C1CC2(CCN(Cc3ccsc3)CC2)Oc2ccccc2N1c1ccccc1. The standard InChI is InChI=1S/C24H24N2O2S/c27-23-16-24(11-13-25(14-12-24)17-19-10-15-29-18-19)28-22-9-5-4-8-21(22)26(23)20-6-2-1-3-7-20/h1-10,15,18H,11-14,16-17H2. The van der Waals surface area contributed by atoms with Gasteiger partial charge in [0, 0.05) is 38.2 Å². The van der Waals surface area contributed by atoms with Gasteiger partial charge in [0.1, 0.15) is 11.4 Å². The van der Waals surface area contributed by atoms with Crippen LogP contribution in [0.5, 0.6) is 5.75 Å². The van der Waals surface area contributed by atoms with Gasteiger partial charge in [-0.15, -0.1) is 0 Å². The van der Waals surface area contributed by atoms with Crippen molar-refractivity contribution in [3.05, 3.63) is 77.0 Å². The number of ether oxygens (including phenoxy) is 1. The number of anilines is 2. The Bertz CT molecular complexity index is 979. The molecule has 5 heteroatoms. The number of thiophene rings is 1. The van der Waals surface area contributed by atoms with Gasteiger partial charge in [0.05, 0.1) is 12.1 Å². The third-order valence-electron chi connectivity index (χ3n) is 5.92. The molecular weight excluding hydrogens is 380 g/mol. The lowest BCUT2D eigenvalue weighted by atomic mass is 9.87. The summed E-state index contributed by atoms with van der Waals surface area (Å²) in [6, 6.07) is 20.0. The Kier molecular flexibility index (Phi) is 4.86. The number of carbonyl (C=O) groups excluding carboxylic acids is 1. The molecule has 5 rings (SSSR count). The van der Waals surface area contributed by atoms with Crippen molar-refractivity contribution in [3.63, 3.8) is 0 Å². The Hall–Kier alpha value is -2.63. The number of para-hydroxylation sites is 3. The number of hydrogen-bond donors (Lipinski definition) is 0. The van der Waals surface area contributed by atoms with Crippen LogP contribution < -0.4 is 9.64 Å². The van der Waals surface area contributed by atoms with Gasteiger partial charge >= 0.3 is 0 Å². The Labute approximate surface area is 175 Å². The molecule has 1 spiro atoms. The third-order valence-corrected chi connectivity index (χ3v) is 6.66. The molecule has 0 radical (unpaired) electrons. The van der Waals surface area contributed by atoms with Gasteiger partial charge in [-0.2, -0.15) is 11.3 Å². The fourth-order valence-corrected chi connectivity index (χ4v) is 5.04. The highest BCUT2D eigenvalue weighted by atomic mass is 32.1. The first kappa shape index (κ1) is 18.4. The van der Waals surface area contributed by atoms with Gasteiger partial charge in [0.2, 0.25) is 5.91 Å². The van der Waals surface area contributed by atoms with E-state index >= 15 is 0 Å². The molecule has 1 aromatic heterocycles. The normalized spacial score (nSPS) is 18.9. The molecule has 29 heavy (non-hydrogen) atoms. The molecule has 148 valence electrons. The Balaban J connectivity index is 1.41. The highest BCUT2D eigenvalue weighted by Gasteiger charge is 2.43. The van der Waals surface area contributed by atoms with Crippen LogP contribution in [0.3, 0.4) is 0 Å². The van der Waals surface area contributed by atoms with Gasteiger partial charge in [-0.1, -0.05) is 30.3 Å². The van der Waals surface area contributed by atoms with Crippen molar-refractivity contribution < 1.29 is 9.53 Å². The first-order chi connectivity index (χ1) is 14.2. The molecule has 0 N–H and O–H groups in total. The molecule has 3 aromatic rings. The first-order valence-corrected chi connectivity index (χ1v) is 11.1. The maximum Gasteiger partial charge on any atom is 0.235 e. The van der Waals surface area contributed by atoms with E-state index in [1.165, 1.54) is 5.56 Å². The summed E-state index contributed by atoms with van der Waals surface area (Å²) in [5.74, 6) is 0.904. The predicted octanol–water partition coefficient (Wildman–Crippen LogP) is 5.23. The molecule has 0 bridgehead atoms. The zero-order valence-electron chi connectivity index (χ0n) is 16.3. The van der Waals surface area contributed by atoms with Gasteiger partial charge in [0.25, 0.3) is 0 Å². The van der Waals surface area contributed by atoms with Crippen molar-refractivity contribution in [1.82, 2.24) is 4.90 Å². The lowest BCUT2D eigenvalue weighted by molar-refractivity contribution is -0.122. The van der Waals surface area contributed by atoms with Crippen molar-refractivity contribution in [2.24, 2.45) is 0 Å². The molecule has 1 fully saturated rings. The molecule has 1 amide bonds. The number of rotatable bonds is 3. The van der Waals surface area contributed by atoms with E-state index in [2.05, 4.69) is 21.7 Å². The lowest BCUT2D eigenvalue weighted by Crippen LogP contribution is -2.49. The van der Waals surface area contributed by atoms with E-state index in [0.717, 1.165) is 49.6 Å². The van der Waals surface area contributed by atoms with Crippen LogP contribution in [0.4, 0.5) is 11.4 Å².